The molecule has 2 nitrogen and oxygen atoms in total. The molecule has 0 heterocycles. The Kier molecular flexibility index (Phi) is 4.79. The lowest BCUT2D eigenvalue weighted by atomic mass is 9.84. The second-order valence-corrected chi connectivity index (χ2v) is 8.19. The van der Waals surface area contributed by atoms with Crippen LogP contribution >= 0.6 is 0 Å². The monoisotopic (exact) mass is 347 g/mol. The van der Waals surface area contributed by atoms with E-state index in [4.69, 9.17) is 0 Å². The third-order valence-electron chi connectivity index (χ3n) is 6.08. The van der Waals surface area contributed by atoms with Gasteiger partial charge in [-0.3, -0.25) is 4.79 Å². The van der Waals surface area contributed by atoms with Crippen LogP contribution in [0.4, 0.5) is 0 Å². The van der Waals surface area contributed by atoms with Gasteiger partial charge in [-0.1, -0.05) is 80.1 Å². The van der Waals surface area contributed by atoms with Crippen LogP contribution in [0.5, 0.6) is 0 Å². The maximum Gasteiger partial charge on any atom is 0.227 e. The van der Waals surface area contributed by atoms with Crippen LogP contribution in [-0.2, 0) is 11.2 Å². The lowest BCUT2D eigenvalue weighted by molar-refractivity contribution is -0.127. The summed E-state index contributed by atoms with van der Waals surface area (Å²) in [6, 6.07) is 18.9. The molecule has 0 bridgehead atoms. The van der Waals surface area contributed by atoms with E-state index in [0.717, 1.165) is 6.42 Å². The molecule has 1 aliphatic carbocycles. The quantitative estimate of drug-likeness (QED) is 0.735. The van der Waals surface area contributed by atoms with E-state index >= 15 is 0 Å². The first-order chi connectivity index (χ1) is 12.3. The van der Waals surface area contributed by atoms with Gasteiger partial charge in [0, 0.05) is 7.05 Å². The second kappa shape index (κ2) is 6.75. The van der Waals surface area contributed by atoms with Gasteiger partial charge in [0.1, 0.15) is 0 Å². The van der Waals surface area contributed by atoms with E-state index in [1.54, 1.807) is 7.05 Å². The maximum atomic E-state index is 13.0. The number of rotatable bonds is 5. The van der Waals surface area contributed by atoms with Crippen molar-refractivity contribution in [1.29, 1.82) is 0 Å². The van der Waals surface area contributed by atoms with Crippen molar-refractivity contribution >= 4 is 5.91 Å². The fourth-order valence-electron chi connectivity index (χ4n) is 4.53. The Balaban J connectivity index is 2.06. The second-order valence-electron chi connectivity index (χ2n) is 8.19. The Bertz CT molecular complexity index is 830. The molecule has 0 spiro atoms. The molecule has 1 saturated carbocycles. The van der Waals surface area contributed by atoms with Crippen LogP contribution in [0.1, 0.15) is 33.3 Å². The molecule has 3 rings (SSSR count). The largest absolute Gasteiger partial charge is 0.359 e. The van der Waals surface area contributed by atoms with Crippen LogP contribution in [0.25, 0.3) is 11.1 Å². The van der Waals surface area contributed by atoms with Gasteiger partial charge in [0.05, 0.1) is 5.41 Å². The van der Waals surface area contributed by atoms with E-state index in [-0.39, 0.29) is 17.2 Å². The molecule has 1 fully saturated rings. The number of hydrogen-bond donors (Lipinski definition) is 1. The summed E-state index contributed by atoms with van der Waals surface area (Å²) in [6.45, 7) is 8.66. The summed E-state index contributed by atoms with van der Waals surface area (Å²) in [4.78, 5) is 13.0. The van der Waals surface area contributed by atoms with Crippen molar-refractivity contribution in [2.75, 3.05) is 7.05 Å². The molecule has 2 aromatic carbocycles. The predicted octanol–water partition coefficient (Wildman–Crippen LogP) is 5.25. The Hall–Kier alpha value is -2.35. The van der Waals surface area contributed by atoms with Crippen molar-refractivity contribution in [3.8, 4) is 11.1 Å². The minimum Gasteiger partial charge on any atom is -0.359 e. The van der Waals surface area contributed by atoms with E-state index in [1.807, 2.05) is 6.07 Å². The number of hydrogen-bond acceptors (Lipinski definition) is 1. The molecule has 0 aromatic heterocycles. The summed E-state index contributed by atoms with van der Waals surface area (Å²) in [5, 5.41) is 2.94. The SMILES string of the molecule is CNC(=O)C1(Cc2ccccc2-c2ccccc2)C(C=C(C)C)C1(C)C. The van der Waals surface area contributed by atoms with E-state index in [1.165, 1.54) is 22.3 Å². The minimum absolute atomic E-state index is 0.0613. The summed E-state index contributed by atoms with van der Waals surface area (Å²) in [6.07, 6.45) is 3.03. The van der Waals surface area contributed by atoms with Crippen LogP contribution in [0.3, 0.4) is 0 Å². The van der Waals surface area contributed by atoms with Crippen LogP contribution in [-0.4, -0.2) is 13.0 Å². The first-order valence-corrected chi connectivity index (χ1v) is 9.35. The first-order valence-electron chi connectivity index (χ1n) is 9.35. The van der Waals surface area contributed by atoms with E-state index in [0.29, 0.717) is 0 Å². The van der Waals surface area contributed by atoms with Gasteiger partial charge in [0.2, 0.25) is 5.91 Å². The van der Waals surface area contributed by atoms with Crippen molar-refractivity contribution in [2.24, 2.45) is 16.7 Å². The number of benzene rings is 2. The summed E-state index contributed by atoms with van der Waals surface area (Å²) in [5.74, 6) is 0.400. The fraction of sp³-hybridized carbons (Fsp3) is 0.375. The van der Waals surface area contributed by atoms with Gasteiger partial charge in [0.15, 0.2) is 0 Å². The molecule has 0 radical (unpaired) electrons. The molecule has 136 valence electrons. The average molecular weight is 348 g/mol. The molecular weight excluding hydrogens is 318 g/mol. The Labute approximate surface area is 157 Å². The molecule has 0 saturated heterocycles. The van der Waals surface area contributed by atoms with E-state index < -0.39 is 5.41 Å². The maximum absolute atomic E-state index is 13.0. The number of nitrogens with one attached hydrogen (secondary N) is 1. The molecule has 2 atom stereocenters. The molecule has 1 N–H and O–H groups in total. The zero-order valence-electron chi connectivity index (χ0n) is 16.5. The van der Waals surface area contributed by atoms with Crippen LogP contribution in [0, 0.1) is 16.7 Å². The highest BCUT2D eigenvalue weighted by Gasteiger charge is 2.73. The van der Waals surface area contributed by atoms with Gasteiger partial charge in [0.25, 0.3) is 0 Å². The molecule has 26 heavy (non-hydrogen) atoms. The van der Waals surface area contributed by atoms with E-state index in [2.05, 4.69) is 87.6 Å². The standard InChI is InChI=1S/C24H29NO/c1-17(2)15-21-23(3,4)24(21,22(26)25-5)16-19-13-9-10-14-20(19)18-11-7-6-8-12-18/h6-15,21H,16H2,1-5H3,(H,25,26). The van der Waals surface area contributed by atoms with Crippen molar-refractivity contribution in [1.82, 2.24) is 5.32 Å². The van der Waals surface area contributed by atoms with Gasteiger partial charge in [-0.15, -0.1) is 0 Å². The molecule has 2 aromatic rings. The molecule has 1 aliphatic rings. The lowest BCUT2D eigenvalue weighted by Gasteiger charge is -2.21. The van der Waals surface area contributed by atoms with Crippen LogP contribution in [0.2, 0.25) is 0 Å². The van der Waals surface area contributed by atoms with Crippen molar-refractivity contribution in [3.63, 3.8) is 0 Å². The zero-order chi connectivity index (χ0) is 18.9. The predicted molar refractivity (Wildman–Crippen MR) is 109 cm³/mol. The van der Waals surface area contributed by atoms with Gasteiger partial charge in [-0.25, -0.2) is 0 Å². The molecule has 2 heteroatoms. The third-order valence-corrected chi connectivity index (χ3v) is 6.08. The minimum atomic E-state index is -0.399. The van der Waals surface area contributed by atoms with Crippen molar-refractivity contribution < 1.29 is 4.79 Å². The van der Waals surface area contributed by atoms with Gasteiger partial charge >= 0.3 is 0 Å². The number of allylic oxidation sites excluding steroid dienone is 2. The zero-order valence-corrected chi connectivity index (χ0v) is 16.5. The smallest absolute Gasteiger partial charge is 0.227 e. The van der Waals surface area contributed by atoms with Crippen LogP contribution < -0.4 is 5.32 Å². The Morgan fingerprint density at radius 1 is 1.04 bits per heavy atom. The molecule has 2 unspecified atom stereocenters. The Morgan fingerprint density at radius 2 is 1.65 bits per heavy atom. The van der Waals surface area contributed by atoms with Gasteiger partial charge in [-0.2, -0.15) is 0 Å². The van der Waals surface area contributed by atoms with E-state index in [9.17, 15) is 4.79 Å². The summed E-state index contributed by atoms with van der Waals surface area (Å²) in [7, 11) is 1.75. The van der Waals surface area contributed by atoms with Gasteiger partial charge < -0.3 is 5.32 Å². The number of carbonyl (C=O) groups is 1. The van der Waals surface area contributed by atoms with Gasteiger partial charge in [-0.05, 0) is 48.3 Å². The number of amides is 1. The average Bonchev–Trinajstić information content (AvgIpc) is 3.09. The highest BCUT2D eigenvalue weighted by atomic mass is 16.2. The summed E-state index contributed by atoms with van der Waals surface area (Å²) >= 11 is 0. The molecule has 0 aliphatic heterocycles. The highest BCUT2D eigenvalue weighted by molar-refractivity contribution is 5.89. The van der Waals surface area contributed by atoms with Crippen LogP contribution in [0.15, 0.2) is 66.2 Å². The summed E-state index contributed by atoms with van der Waals surface area (Å²) in [5.41, 5.74) is 4.46. The first kappa shape index (κ1) is 18.4. The van der Waals surface area contributed by atoms with Crippen molar-refractivity contribution in [2.45, 2.75) is 34.1 Å². The normalized spacial score (nSPS) is 23.2. The fourth-order valence-corrected chi connectivity index (χ4v) is 4.53. The number of carbonyl (C=O) groups excluding carboxylic acids is 1. The van der Waals surface area contributed by atoms with Crippen molar-refractivity contribution in [3.05, 3.63) is 71.8 Å². The molecule has 1 amide bonds. The topological polar surface area (TPSA) is 29.1 Å². The third kappa shape index (κ3) is 2.88. The molecular formula is C24H29NO. The summed E-state index contributed by atoms with van der Waals surface area (Å²) < 4.78 is 0. The Morgan fingerprint density at radius 3 is 2.27 bits per heavy atom. The highest BCUT2D eigenvalue weighted by Crippen LogP contribution is 2.71. The lowest BCUT2D eigenvalue weighted by Crippen LogP contribution is -2.34.